The van der Waals surface area contributed by atoms with Crippen LogP contribution in [0.4, 0.5) is 0 Å². The lowest BCUT2D eigenvalue weighted by molar-refractivity contribution is -0.121. The van der Waals surface area contributed by atoms with Crippen LogP contribution in [-0.2, 0) is 14.8 Å². The molecule has 1 aliphatic rings. The summed E-state index contributed by atoms with van der Waals surface area (Å²) in [5.41, 5.74) is 0. The standard InChI is InChI=1S/C18H28N2O4S/c1-2-24-16-8-10-17(11-9-16)25(22,23)20-13-12-18(21)19-14-15-6-4-3-5-7-15/h8-11,15,20H,2-7,12-14H2,1H3,(H,19,21). The van der Waals surface area contributed by atoms with Crippen LogP contribution >= 0.6 is 0 Å². The molecule has 1 aromatic rings. The second-order valence-electron chi connectivity index (χ2n) is 6.36. The van der Waals surface area contributed by atoms with E-state index in [9.17, 15) is 13.2 Å². The minimum absolute atomic E-state index is 0.0893. The van der Waals surface area contributed by atoms with Gasteiger partial charge in [0, 0.05) is 19.5 Å². The number of rotatable bonds is 9. The minimum atomic E-state index is -3.61. The van der Waals surface area contributed by atoms with Crippen LogP contribution in [-0.4, -0.2) is 34.0 Å². The molecule has 140 valence electrons. The van der Waals surface area contributed by atoms with Crippen LogP contribution in [0.25, 0.3) is 0 Å². The molecule has 1 amide bonds. The van der Waals surface area contributed by atoms with Crippen molar-refractivity contribution < 1.29 is 17.9 Å². The largest absolute Gasteiger partial charge is 0.494 e. The normalized spacial score (nSPS) is 15.7. The molecule has 2 N–H and O–H groups in total. The molecule has 2 rings (SSSR count). The summed E-state index contributed by atoms with van der Waals surface area (Å²) >= 11 is 0. The minimum Gasteiger partial charge on any atom is -0.494 e. The van der Waals surface area contributed by atoms with Crippen LogP contribution < -0.4 is 14.8 Å². The van der Waals surface area contributed by atoms with Gasteiger partial charge in [0.25, 0.3) is 0 Å². The lowest BCUT2D eigenvalue weighted by Crippen LogP contribution is -2.33. The van der Waals surface area contributed by atoms with Gasteiger partial charge in [0.1, 0.15) is 5.75 Å². The van der Waals surface area contributed by atoms with E-state index in [1.165, 1.54) is 44.2 Å². The van der Waals surface area contributed by atoms with Crippen LogP contribution in [0.3, 0.4) is 0 Å². The average molecular weight is 368 g/mol. The number of hydrogen-bond donors (Lipinski definition) is 2. The Kier molecular flexibility index (Phi) is 7.71. The first-order valence-corrected chi connectivity index (χ1v) is 10.5. The Hall–Kier alpha value is -1.60. The van der Waals surface area contributed by atoms with Crippen molar-refractivity contribution in [2.45, 2.75) is 50.3 Å². The molecule has 7 heteroatoms. The monoisotopic (exact) mass is 368 g/mol. The van der Waals surface area contributed by atoms with Crippen molar-refractivity contribution in [2.75, 3.05) is 19.7 Å². The van der Waals surface area contributed by atoms with Crippen molar-refractivity contribution >= 4 is 15.9 Å². The predicted octanol–water partition coefficient (Wildman–Crippen LogP) is 2.45. The Bertz CT molecular complexity index is 638. The molecule has 0 unspecified atom stereocenters. The summed E-state index contributed by atoms with van der Waals surface area (Å²) in [5, 5.41) is 2.91. The van der Waals surface area contributed by atoms with E-state index in [2.05, 4.69) is 10.0 Å². The third kappa shape index (κ3) is 6.66. The summed E-state index contributed by atoms with van der Waals surface area (Å²) in [6.07, 6.45) is 6.25. The van der Waals surface area contributed by atoms with Gasteiger partial charge in [-0.25, -0.2) is 13.1 Å². The molecule has 0 atom stereocenters. The fourth-order valence-electron chi connectivity index (χ4n) is 3.00. The second-order valence-corrected chi connectivity index (χ2v) is 8.13. The second kappa shape index (κ2) is 9.77. The van der Waals surface area contributed by atoms with Gasteiger partial charge in [0.2, 0.25) is 15.9 Å². The quantitative estimate of drug-likeness (QED) is 0.701. The molecule has 1 saturated carbocycles. The van der Waals surface area contributed by atoms with Crippen LogP contribution in [0.15, 0.2) is 29.2 Å². The van der Waals surface area contributed by atoms with Crippen molar-refractivity contribution in [3.63, 3.8) is 0 Å². The first kappa shape index (κ1) is 19.7. The number of carbonyl (C=O) groups is 1. The Labute approximate surface area is 150 Å². The van der Waals surface area contributed by atoms with E-state index >= 15 is 0 Å². The van der Waals surface area contributed by atoms with Gasteiger partial charge in [-0.05, 0) is 49.9 Å². The Morgan fingerprint density at radius 2 is 1.84 bits per heavy atom. The van der Waals surface area contributed by atoms with E-state index < -0.39 is 10.0 Å². The smallest absolute Gasteiger partial charge is 0.240 e. The first-order chi connectivity index (χ1) is 12.0. The maximum atomic E-state index is 12.2. The number of sulfonamides is 1. The Morgan fingerprint density at radius 1 is 1.16 bits per heavy atom. The van der Waals surface area contributed by atoms with Gasteiger partial charge in [0.05, 0.1) is 11.5 Å². The molecule has 1 fully saturated rings. The Balaban J connectivity index is 1.72. The summed E-state index contributed by atoms with van der Waals surface area (Å²) in [7, 11) is -3.61. The van der Waals surface area contributed by atoms with E-state index in [1.54, 1.807) is 12.1 Å². The topological polar surface area (TPSA) is 84.5 Å². The highest BCUT2D eigenvalue weighted by atomic mass is 32.2. The maximum Gasteiger partial charge on any atom is 0.240 e. The van der Waals surface area contributed by atoms with Gasteiger partial charge in [-0.3, -0.25) is 4.79 Å². The number of carbonyl (C=O) groups excluding carboxylic acids is 1. The maximum absolute atomic E-state index is 12.2. The molecule has 1 aromatic carbocycles. The number of nitrogens with one attached hydrogen (secondary N) is 2. The zero-order valence-corrected chi connectivity index (χ0v) is 15.6. The van der Waals surface area contributed by atoms with Crippen molar-refractivity contribution in [1.82, 2.24) is 10.0 Å². The molecule has 0 radical (unpaired) electrons. The van der Waals surface area contributed by atoms with E-state index in [1.807, 2.05) is 6.92 Å². The van der Waals surface area contributed by atoms with E-state index in [0.29, 0.717) is 24.8 Å². The molecule has 0 aliphatic heterocycles. The molecular formula is C18H28N2O4S. The third-order valence-electron chi connectivity index (χ3n) is 4.40. The highest BCUT2D eigenvalue weighted by molar-refractivity contribution is 7.89. The molecule has 25 heavy (non-hydrogen) atoms. The lowest BCUT2D eigenvalue weighted by atomic mass is 9.89. The predicted molar refractivity (Wildman–Crippen MR) is 97.0 cm³/mol. The highest BCUT2D eigenvalue weighted by Crippen LogP contribution is 2.22. The molecule has 0 bridgehead atoms. The lowest BCUT2D eigenvalue weighted by Gasteiger charge is -2.21. The van der Waals surface area contributed by atoms with Crippen molar-refractivity contribution in [1.29, 1.82) is 0 Å². The van der Waals surface area contributed by atoms with E-state index in [-0.39, 0.29) is 23.8 Å². The van der Waals surface area contributed by atoms with E-state index in [0.717, 1.165) is 0 Å². The fraction of sp³-hybridized carbons (Fsp3) is 0.611. The van der Waals surface area contributed by atoms with Crippen molar-refractivity contribution in [2.24, 2.45) is 5.92 Å². The molecule has 1 aliphatic carbocycles. The van der Waals surface area contributed by atoms with Crippen molar-refractivity contribution in [3.8, 4) is 5.75 Å². The van der Waals surface area contributed by atoms with Crippen LogP contribution in [0, 0.1) is 5.92 Å². The summed E-state index contributed by atoms with van der Waals surface area (Å²) in [4.78, 5) is 12.0. The fourth-order valence-corrected chi connectivity index (χ4v) is 4.03. The SMILES string of the molecule is CCOc1ccc(S(=O)(=O)NCCC(=O)NCC2CCCCC2)cc1. The zero-order valence-electron chi connectivity index (χ0n) is 14.8. The van der Waals surface area contributed by atoms with Gasteiger partial charge >= 0.3 is 0 Å². The van der Waals surface area contributed by atoms with Gasteiger partial charge in [-0.2, -0.15) is 0 Å². The number of benzene rings is 1. The third-order valence-corrected chi connectivity index (χ3v) is 5.88. The summed E-state index contributed by atoms with van der Waals surface area (Å²) in [5.74, 6) is 1.08. The molecule has 0 saturated heterocycles. The van der Waals surface area contributed by atoms with Crippen LogP contribution in [0.1, 0.15) is 45.4 Å². The van der Waals surface area contributed by atoms with Crippen molar-refractivity contribution in [3.05, 3.63) is 24.3 Å². The van der Waals surface area contributed by atoms with Crippen LogP contribution in [0.5, 0.6) is 5.75 Å². The van der Waals surface area contributed by atoms with Gasteiger partial charge in [-0.15, -0.1) is 0 Å². The summed E-state index contributed by atoms with van der Waals surface area (Å²) in [6, 6.07) is 6.23. The first-order valence-electron chi connectivity index (χ1n) is 9.00. The Morgan fingerprint density at radius 3 is 2.48 bits per heavy atom. The summed E-state index contributed by atoms with van der Waals surface area (Å²) < 4.78 is 32.2. The van der Waals surface area contributed by atoms with Gasteiger partial charge in [0.15, 0.2) is 0 Å². The summed E-state index contributed by atoms with van der Waals surface area (Å²) in [6.45, 7) is 3.18. The molecule has 0 heterocycles. The molecule has 0 aromatic heterocycles. The zero-order chi connectivity index (χ0) is 18.1. The number of amides is 1. The molecule has 6 nitrogen and oxygen atoms in total. The number of ether oxygens (including phenoxy) is 1. The number of hydrogen-bond acceptors (Lipinski definition) is 4. The highest BCUT2D eigenvalue weighted by Gasteiger charge is 2.16. The van der Waals surface area contributed by atoms with Gasteiger partial charge in [-0.1, -0.05) is 19.3 Å². The molecular weight excluding hydrogens is 340 g/mol. The molecule has 0 spiro atoms. The van der Waals surface area contributed by atoms with E-state index in [4.69, 9.17) is 4.74 Å². The van der Waals surface area contributed by atoms with Gasteiger partial charge < -0.3 is 10.1 Å². The average Bonchev–Trinajstić information content (AvgIpc) is 2.61. The van der Waals surface area contributed by atoms with Crippen LogP contribution in [0.2, 0.25) is 0 Å².